The molecule has 0 aromatic heterocycles. The lowest BCUT2D eigenvalue weighted by Crippen LogP contribution is -2.57. The van der Waals surface area contributed by atoms with Gasteiger partial charge in [-0.1, -0.05) is 0 Å². The number of hydrogen-bond donors (Lipinski definition) is 1. The first-order chi connectivity index (χ1) is 12.4. The van der Waals surface area contributed by atoms with Gasteiger partial charge in [-0.15, -0.1) is 0 Å². The predicted octanol–water partition coefficient (Wildman–Crippen LogP) is 1.31. The van der Waals surface area contributed by atoms with E-state index in [9.17, 15) is 4.79 Å². The van der Waals surface area contributed by atoms with Crippen LogP contribution in [-0.4, -0.2) is 93.1 Å². The summed E-state index contributed by atoms with van der Waals surface area (Å²) in [6.07, 6.45) is 1.82. The number of hydrogen-bond acceptors (Lipinski definition) is 7. The van der Waals surface area contributed by atoms with E-state index in [1.807, 2.05) is 20.8 Å². The minimum Gasteiger partial charge on any atom is -0.444 e. The third kappa shape index (κ3) is 6.64. The zero-order valence-corrected chi connectivity index (χ0v) is 16.6. The maximum atomic E-state index is 12.2. The Balaban J connectivity index is 1.63. The lowest BCUT2D eigenvalue weighted by atomic mass is 10.2. The van der Waals surface area contributed by atoms with Crippen LogP contribution in [0.25, 0.3) is 0 Å². The average Bonchev–Trinajstić information content (AvgIpc) is 2.98. The standard InChI is InChI=1S/C18H34N4O4/c1-18(2,3)26-17(23)21-8-9-22-15(14-21)13-20-16(22)19-7-5-6-10-25-12-11-24-4/h15H,5-14H2,1-4H3,(H,19,20). The third-order valence-corrected chi connectivity index (χ3v) is 4.29. The van der Waals surface area contributed by atoms with Crippen molar-refractivity contribution >= 4 is 12.1 Å². The molecule has 0 aromatic rings. The van der Waals surface area contributed by atoms with Crippen molar-refractivity contribution in [3.8, 4) is 0 Å². The van der Waals surface area contributed by atoms with Crippen molar-refractivity contribution < 1.29 is 19.0 Å². The Hall–Kier alpha value is -1.54. The molecule has 1 atom stereocenters. The van der Waals surface area contributed by atoms with Gasteiger partial charge in [-0.3, -0.25) is 4.99 Å². The Morgan fingerprint density at radius 1 is 1.23 bits per heavy atom. The van der Waals surface area contributed by atoms with Crippen molar-refractivity contribution in [3.63, 3.8) is 0 Å². The number of aliphatic imine (C=N–C) groups is 1. The quantitative estimate of drug-likeness (QED) is 0.650. The number of nitrogens with zero attached hydrogens (tertiary/aromatic N) is 3. The Bertz CT molecular complexity index is 478. The fourth-order valence-corrected chi connectivity index (χ4v) is 3.00. The molecule has 1 N–H and O–H groups in total. The van der Waals surface area contributed by atoms with E-state index in [2.05, 4.69) is 15.2 Å². The predicted molar refractivity (Wildman–Crippen MR) is 101 cm³/mol. The van der Waals surface area contributed by atoms with Crippen LogP contribution in [0.3, 0.4) is 0 Å². The molecule has 1 unspecified atom stereocenters. The Kier molecular flexibility index (Phi) is 7.96. The van der Waals surface area contributed by atoms with Crippen LogP contribution in [0.1, 0.15) is 33.6 Å². The first-order valence-electron chi connectivity index (χ1n) is 9.50. The van der Waals surface area contributed by atoms with Crippen molar-refractivity contribution in [2.75, 3.05) is 59.7 Å². The highest BCUT2D eigenvalue weighted by atomic mass is 16.6. The number of nitrogens with one attached hydrogen (secondary N) is 1. The number of unbranched alkanes of at least 4 members (excludes halogenated alkanes) is 1. The highest BCUT2D eigenvalue weighted by Crippen LogP contribution is 2.18. The summed E-state index contributed by atoms with van der Waals surface area (Å²) >= 11 is 0. The van der Waals surface area contributed by atoms with Gasteiger partial charge in [-0.25, -0.2) is 4.79 Å². The van der Waals surface area contributed by atoms with Gasteiger partial charge < -0.3 is 29.3 Å². The second-order valence-corrected chi connectivity index (χ2v) is 7.68. The summed E-state index contributed by atoms with van der Waals surface area (Å²) in [5.41, 5.74) is -0.458. The number of methoxy groups -OCH3 is 1. The molecule has 2 heterocycles. The fourth-order valence-electron chi connectivity index (χ4n) is 3.00. The summed E-state index contributed by atoms with van der Waals surface area (Å²) in [5.74, 6) is 0.958. The summed E-state index contributed by atoms with van der Waals surface area (Å²) in [6, 6.07) is 0.246. The molecule has 1 amide bonds. The molecule has 2 rings (SSSR count). The van der Waals surface area contributed by atoms with Gasteiger partial charge in [0.2, 0.25) is 0 Å². The van der Waals surface area contributed by atoms with Crippen LogP contribution in [0, 0.1) is 0 Å². The molecule has 8 nitrogen and oxygen atoms in total. The van der Waals surface area contributed by atoms with Gasteiger partial charge in [0.15, 0.2) is 5.96 Å². The molecule has 26 heavy (non-hydrogen) atoms. The Morgan fingerprint density at radius 2 is 2.04 bits per heavy atom. The largest absolute Gasteiger partial charge is 0.444 e. The van der Waals surface area contributed by atoms with Crippen LogP contribution in [0.4, 0.5) is 4.79 Å². The maximum Gasteiger partial charge on any atom is 0.410 e. The van der Waals surface area contributed by atoms with E-state index in [0.29, 0.717) is 26.3 Å². The molecule has 1 saturated heterocycles. The number of ether oxygens (including phenoxy) is 3. The number of guanidine groups is 1. The normalized spacial score (nSPS) is 20.0. The van der Waals surface area contributed by atoms with Gasteiger partial charge in [-0.2, -0.15) is 0 Å². The number of carbonyl (C=O) groups excluding carboxylic acids is 1. The molecule has 150 valence electrons. The van der Waals surface area contributed by atoms with E-state index >= 15 is 0 Å². The SMILES string of the molecule is COCCOCCCCNC1=NCC2CN(C(=O)OC(C)(C)C)CCN12. The molecule has 1 fully saturated rings. The van der Waals surface area contributed by atoms with Crippen LogP contribution < -0.4 is 5.32 Å². The zero-order valence-electron chi connectivity index (χ0n) is 16.6. The molecule has 8 heteroatoms. The Morgan fingerprint density at radius 3 is 2.77 bits per heavy atom. The van der Waals surface area contributed by atoms with E-state index in [4.69, 9.17) is 14.2 Å². The fraction of sp³-hybridized carbons (Fsp3) is 0.889. The van der Waals surface area contributed by atoms with E-state index in [-0.39, 0.29) is 12.1 Å². The lowest BCUT2D eigenvalue weighted by Gasteiger charge is -2.39. The zero-order chi connectivity index (χ0) is 19.0. The van der Waals surface area contributed by atoms with Crippen molar-refractivity contribution in [2.24, 2.45) is 4.99 Å². The van der Waals surface area contributed by atoms with Crippen molar-refractivity contribution in [1.29, 1.82) is 0 Å². The highest BCUT2D eigenvalue weighted by Gasteiger charge is 2.36. The summed E-state index contributed by atoms with van der Waals surface area (Å²) < 4.78 is 15.9. The third-order valence-electron chi connectivity index (χ3n) is 4.29. The summed E-state index contributed by atoms with van der Waals surface area (Å²) in [4.78, 5) is 20.9. The summed E-state index contributed by atoms with van der Waals surface area (Å²) in [7, 11) is 1.68. The molecule has 0 aliphatic carbocycles. The number of amides is 1. The number of piperazine rings is 1. The minimum absolute atomic E-state index is 0.230. The van der Waals surface area contributed by atoms with Crippen LogP contribution in [0.2, 0.25) is 0 Å². The average molecular weight is 370 g/mol. The van der Waals surface area contributed by atoms with Crippen LogP contribution in [-0.2, 0) is 14.2 Å². The van der Waals surface area contributed by atoms with E-state index in [1.54, 1.807) is 12.0 Å². The highest BCUT2D eigenvalue weighted by molar-refractivity contribution is 5.82. The summed E-state index contributed by atoms with van der Waals surface area (Å²) in [5, 5.41) is 3.43. The molecule has 0 aromatic carbocycles. The van der Waals surface area contributed by atoms with Gasteiger partial charge in [0.05, 0.1) is 25.8 Å². The van der Waals surface area contributed by atoms with Gasteiger partial charge in [0.25, 0.3) is 0 Å². The van der Waals surface area contributed by atoms with Crippen molar-refractivity contribution in [2.45, 2.75) is 45.3 Å². The van der Waals surface area contributed by atoms with E-state index < -0.39 is 5.60 Å². The molecule has 2 aliphatic heterocycles. The van der Waals surface area contributed by atoms with Gasteiger partial charge in [0.1, 0.15) is 5.60 Å². The van der Waals surface area contributed by atoms with Crippen LogP contribution in [0.15, 0.2) is 4.99 Å². The second kappa shape index (κ2) is 9.97. The number of carbonyl (C=O) groups is 1. The van der Waals surface area contributed by atoms with Crippen molar-refractivity contribution in [3.05, 3.63) is 0 Å². The molecule has 0 saturated carbocycles. The lowest BCUT2D eigenvalue weighted by molar-refractivity contribution is 0.0137. The van der Waals surface area contributed by atoms with E-state index in [0.717, 1.165) is 45.0 Å². The molecular weight excluding hydrogens is 336 g/mol. The molecule has 0 spiro atoms. The van der Waals surface area contributed by atoms with Crippen LogP contribution >= 0.6 is 0 Å². The van der Waals surface area contributed by atoms with Crippen LogP contribution in [0.5, 0.6) is 0 Å². The second-order valence-electron chi connectivity index (χ2n) is 7.68. The van der Waals surface area contributed by atoms with Gasteiger partial charge >= 0.3 is 6.09 Å². The van der Waals surface area contributed by atoms with E-state index in [1.165, 1.54) is 0 Å². The maximum absolute atomic E-state index is 12.2. The summed E-state index contributed by atoms with van der Waals surface area (Å²) in [6.45, 7) is 11.5. The van der Waals surface area contributed by atoms with Gasteiger partial charge in [0, 0.05) is 39.9 Å². The number of rotatable bonds is 8. The molecule has 0 bridgehead atoms. The first kappa shape index (κ1) is 20.8. The topological polar surface area (TPSA) is 75.6 Å². The minimum atomic E-state index is -0.458. The first-order valence-corrected chi connectivity index (χ1v) is 9.50. The van der Waals surface area contributed by atoms with Gasteiger partial charge in [-0.05, 0) is 33.6 Å². The smallest absolute Gasteiger partial charge is 0.410 e. The Labute approximate surface area is 156 Å². The monoisotopic (exact) mass is 370 g/mol. The molecule has 2 aliphatic rings. The number of fused-ring (bicyclic) bond motifs is 1. The van der Waals surface area contributed by atoms with Crippen molar-refractivity contribution in [1.82, 2.24) is 15.1 Å². The molecule has 0 radical (unpaired) electrons. The molecular formula is C18H34N4O4.